The van der Waals surface area contributed by atoms with Gasteiger partial charge in [0.15, 0.2) is 0 Å². The molecule has 0 bridgehead atoms. The minimum absolute atomic E-state index is 0.0114. The highest BCUT2D eigenvalue weighted by Crippen LogP contribution is 2.31. The van der Waals surface area contributed by atoms with Crippen LogP contribution in [0.15, 0.2) is 63.8 Å². The SMILES string of the molecule is O=C(NNc1ncnc(Nc2ccc(Br)cc2)c1[N+](=O)[O-])c1ccc(Br)cc1. The molecule has 0 saturated heterocycles. The Morgan fingerprint density at radius 3 is 2.11 bits per heavy atom. The van der Waals surface area contributed by atoms with Crippen LogP contribution in [0.2, 0.25) is 0 Å². The average molecular weight is 508 g/mol. The number of benzene rings is 2. The zero-order valence-corrected chi connectivity index (χ0v) is 17.2. The molecular formula is C17H12Br2N6O3. The summed E-state index contributed by atoms with van der Waals surface area (Å²) in [5.41, 5.74) is 5.47. The monoisotopic (exact) mass is 506 g/mol. The molecule has 28 heavy (non-hydrogen) atoms. The summed E-state index contributed by atoms with van der Waals surface area (Å²) in [4.78, 5) is 30.9. The van der Waals surface area contributed by atoms with Gasteiger partial charge >= 0.3 is 5.69 Å². The number of amides is 1. The van der Waals surface area contributed by atoms with Crippen molar-refractivity contribution in [3.05, 3.63) is 79.5 Å². The third-order valence-electron chi connectivity index (χ3n) is 3.51. The second-order valence-corrected chi connectivity index (χ2v) is 7.23. The van der Waals surface area contributed by atoms with Crippen LogP contribution < -0.4 is 16.2 Å². The lowest BCUT2D eigenvalue weighted by Gasteiger charge is -2.11. The molecule has 3 rings (SSSR count). The first-order valence-corrected chi connectivity index (χ1v) is 9.36. The normalized spacial score (nSPS) is 10.2. The summed E-state index contributed by atoms with van der Waals surface area (Å²) in [7, 11) is 0. The van der Waals surface area contributed by atoms with Gasteiger partial charge < -0.3 is 5.32 Å². The zero-order valence-electron chi connectivity index (χ0n) is 14.0. The Morgan fingerprint density at radius 2 is 1.50 bits per heavy atom. The number of hydrogen-bond donors (Lipinski definition) is 3. The molecule has 9 nitrogen and oxygen atoms in total. The van der Waals surface area contributed by atoms with Gasteiger partial charge in [0.05, 0.1) is 4.92 Å². The van der Waals surface area contributed by atoms with Crippen molar-refractivity contribution in [2.75, 3.05) is 10.7 Å². The number of nitrogens with one attached hydrogen (secondary N) is 3. The third kappa shape index (κ3) is 4.81. The number of anilines is 3. The van der Waals surface area contributed by atoms with Crippen molar-refractivity contribution in [2.45, 2.75) is 0 Å². The Morgan fingerprint density at radius 1 is 0.929 bits per heavy atom. The Bertz CT molecular complexity index is 1010. The molecule has 0 fully saturated rings. The van der Waals surface area contributed by atoms with E-state index in [4.69, 9.17) is 0 Å². The van der Waals surface area contributed by atoms with Gasteiger partial charge in [0.2, 0.25) is 11.6 Å². The van der Waals surface area contributed by atoms with Crippen LogP contribution in [0.3, 0.4) is 0 Å². The summed E-state index contributed by atoms with van der Waals surface area (Å²) in [6.45, 7) is 0. The molecule has 0 aliphatic rings. The van der Waals surface area contributed by atoms with Gasteiger partial charge in [0.1, 0.15) is 6.33 Å². The predicted molar refractivity (Wildman–Crippen MR) is 111 cm³/mol. The van der Waals surface area contributed by atoms with Crippen LogP contribution in [0.1, 0.15) is 10.4 Å². The number of hydrazine groups is 1. The van der Waals surface area contributed by atoms with Gasteiger partial charge in [-0.1, -0.05) is 31.9 Å². The van der Waals surface area contributed by atoms with E-state index in [1.165, 1.54) is 0 Å². The molecule has 1 amide bonds. The molecule has 2 aromatic carbocycles. The highest BCUT2D eigenvalue weighted by molar-refractivity contribution is 9.10. The fraction of sp³-hybridized carbons (Fsp3) is 0. The lowest BCUT2D eigenvalue weighted by Crippen LogP contribution is -2.30. The Hall–Kier alpha value is -3.05. The largest absolute Gasteiger partial charge is 0.355 e. The molecule has 1 heterocycles. The molecule has 0 aliphatic carbocycles. The zero-order chi connectivity index (χ0) is 20.1. The molecule has 0 saturated carbocycles. The Kier molecular flexibility index (Phi) is 6.16. The second-order valence-electron chi connectivity index (χ2n) is 5.39. The Balaban J connectivity index is 1.80. The molecule has 1 aromatic heterocycles. The van der Waals surface area contributed by atoms with Gasteiger partial charge in [-0.2, -0.15) is 0 Å². The van der Waals surface area contributed by atoms with E-state index in [1.54, 1.807) is 48.5 Å². The maximum absolute atomic E-state index is 12.2. The number of nitrogens with zero attached hydrogens (tertiary/aromatic N) is 3. The van der Waals surface area contributed by atoms with Crippen molar-refractivity contribution in [3.8, 4) is 0 Å². The minimum Gasteiger partial charge on any atom is -0.334 e. The van der Waals surface area contributed by atoms with Gasteiger partial charge in [-0.05, 0) is 48.5 Å². The van der Waals surface area contributed by atoms with E-state index in [9.17, 15) is 14.9 Å². The van der Waals surface area contributed by atoms with E-state index in [-0.39, 0.29) is 11.6 Å². The van der Waals surface area contributed by atoms with Gasteiger partial charge in [-0.15, -0.1) is 0 Å². The summed E-state index contributed by atoms with van der Waals surface area (Å²) in [6, 6.07) is 13.7. The van der Waals surface area contributed by atoms with Crippen molar-refractivity contribution in [1.82, 2.24) is 15.4 Å². The highest BCUT2D eigenvalue weighted by Gasteiger charge is 2.23. The van der Waals surface area contributed by atoms with Crippen molar-refractivity contribution in [2.24, 2.45) is 0 Å². The molecule has 0 spiro atoms. The van der Waals surface area contributed by atoms with Crippen molar-refractivity contribution in [3.63, 3.8) is 0 Å². The molecular weight excluding hydrogens is 496 g/mol. The van der Waals surface area contributed by atoms with E-state index in [0.29, 0.717) is 11.3 Å². The average Bonchev–Trinajstić information content (AvgIpc) is 2.68. The standard InChI is InChI=1S/C17H12Br2N6O3/c18-11-3-1-10(2-4-11)17(26)24-23-16-14(25(27)28)15(20-9-21-16)22-13-7-5-12(19)6-8-13/h1-9H,(H,24,26)(H2,20,21,22,23). The lowest BCUT2D eigenvalue weighted by molar-refractivity contribution is -0.383. The molecule has 0 unspecified atom stereocenters. The summed E-state index contributed by atoms with van der Waals surface area (Å²) in [6.07, 6.45) is 1.16. The maximum Gasteiger partial charge on any atom is 0.355 e. The van der Waals surface area contributed by atoms with Crippen molar-refractivity contribution < 1.29 is 9.72 Å². The first-order chi connectivity index (χ1) is 13.4. The van der Waals surface area contributed by atoms with Crippen LogP contribution in [0.5, 0.6) is 0 Å². The fourth-order valence-electron chi connectivity index (χ4n) is 2.19. The quantitative estimate of drug-likeness (QED) is 0.333. The summed E-state index contributed by atoms with van der Waals surface area (Å²) < 4.78 is 1.69. The van der Waals surface area contributed by atoms with E-state index in [2.05, 4.69) is 58.0 Å². The number of carbonyl (C=O) groups excluding carboxylic acids is 1. The molecule has 0 radical (unpaired) electrons. The van der Waals surface area contributed by atoms with E-state index in [1.807, 2.05) is 0 Å². The number of halogens is 2. The van der Waals surface area contributed by atoms with Gasteiger partial charge in [-0.3, -0.25) is 25.8 Å². The maximum atomic E-state index is 12.2. The van der Waals surface area contributed by atoms with Crippen LogP contribution in [0, 0.1) is 10.1 Å². The molecule has 142 valence electrons. The first kappa shape index (κ1) is 19.7. The fourth-order valence-corrected chi connectivity index (χ4v) is 2.72. The van der Waals surface area contributed by atoms with Crippen molar-refractivity contribution in [1.29, 1.82) is 0 Å². The lowest BCUT2D eigenvalue weighted by atomic mass is 10.2. The summed E-state index contributed by atoms with van der Waals surface area (Å²) >= 11 is 6.61. The van der Waals surface area contributed by atoms with E-state index < -0.39 is 16.5 Å². The highest BCUT2D eigenvalue weighted by atomic mass is 79.9. The number of aromatic nitrogens is 2. The van der Waals surface area contributed by atoms with Gasteiger partial charge in [0, 0.05) is 20.2 Å². The summed E-state index contributed by atoms with van der Waals surface area (Å²) in [5.74, 6) is -0.629. The van der Waals surface area contributed by atoms with Crippen LogP contribution in [-0.4, -0.2) is 20.8 Å². The number of carbonyl (C=O) groups is 1. The number of rotatable bonds is 6. The van der Waals surface area contributed by atoms with Gasteiger partial charge in [-0.25, -0.2) is 9.97 Å². The third-order valence-corrected chi connectivity index (χ3v) is 4.57. The molecule has 0 atom stereocenters. The summed E-state index contributed by atoms with van der Waals surface area (Å²) in [5, 5.41) is 14.4. The Labute approximate surface area is 176 Å². The smallest absolute Gasteiger partial charge is 0.334 e. The van der Waals surface area contributed by atoms with Crippen LogP contribution >= 0.6 is 31.9 Å². The van der Waals surface area contributed by atoms with Crippen LogP contribution in [-0.2, 0) is 0 Å². The minimum atomic E-state index is -0.630. The predicted octanol–water partition coefficient (Wildman–Crippen LogP) is 4.41. The second kappa shape index (κ2) is 8.76. The van der Waals surface area contributed by atoms with E-state index in [0.717, 1.165) is 15.3 Å². The topological polar surface area (TPSA) is 122 Å². The number of hydrogen-bond acceptors (Lipinski definition) is 7. The molecule has 3 aromatic rings. The molecule has 0 aliphatic heterocycles. The van der Waals surface area contributed by atoms with Crippen molar-refractivity contribution >= 4 is 60.8 Å². The molecule has 3 N–H and O–H groups in total. The number of nitro groups is 1. The van der Waals surface area contributed by atoms with Crippen LogP contribution in [0.4, 0.5) is 23.0 Å². The first-order valence-electron chi connectivity index (χ1n) is 7.78. The molecule has 11 heteroatoms. The van der Waals surface area contributed by atoms with Gasteiger partial charge in [0.25, 0.3) is 5.91 Å². The van der Waals surface area contributed by atoms with E-state index >= 15 is 0 Å². The van der Waals surface area contributed by atoms with Crippen LogP contribution in [0.25, 0.3) is 0 Å².